The Labute approximate surface area is 70.2 Å². The highest BCUT2D eigenvalue weighted by Gasteiger charge is 1.97. The first kappa shape index (κ1) is 7.66. The summed E-state index contributed by atoms with van der Waals surface area (Å²) in [6.07, 6.45) is 5.12. The lowest BCUT2D eigenvalue weighted by molar-refractivity contribution is 1.48. The SMILES string of the molecule is C#Cc1ccc(C#N)cc1Cl. The maximum atomic E-state index is 8.47. The Balaban J connectivity index is 3.25. The van der Waals surface area contributed by atoms with E-state index in [0.717, 1.165) is 0 Å². The Morgan fingerprint density at radius 2 is 2.18 bits per heavy atom. The normalized spacial score (nSPS) is 8.27. The minimum atomic E-state index is 0.451. The number of benzene rings is 1. The molecule has 0 amide bonds. The molecule has 0 spiro atoms. The smallest absolute Gasteiger partial charge is 0.0992 e. The first-order valence-electron chi connectivity index (χ1n) is 2.94. The second-order valence-electron chi connectivity index (χ2n) is 1.95. The van der Waals surface area contributed by atoms with Crippen LogP contribution in [0.15, 0.2) is 18.2 Å². The molecule has 0 aliphatic carbocycles. The van der Waals surface area contributed by atoms with Crippen LogP contribution in [0.3, 0.4) is 0 Å². The molecule has 0 aliphatic rings. The fraction of sp³-hybridized carbons (Fsp3) is 0. The average molecular weight is 162 g/mol. The summed E-state index contributed by atoms with van der Waals surface area (Å²) in [4.78, 5) is 0. The van der Waals surface area contributed by atoms with Crippen molar-refractivity contribution in [1.29, 1.82) is 5.26 Å². The number of hydrogen-bond acceptors (Lipinski definition) is 1. The van der Waals surface area contributed by atoms with Crippen LogP contribution in [0.1, 0.15) is 11.1 Å². The van der Waals surface area contributed by atoms with Crippen molar-refractivity contribution < 1.29 is 0 Å². The number of rotatable bonds is 0. The zero-order chi connectivity index (χ0) is 8.27. The molecule has 0 unspecified atom stereocenters. The van der Waals surface area contributed by atoms with Crippen molar-refractivity contribution in [3.63, 3.8) is 0 Å². The molecule has 11 heavy (non-hydrogen) atoms. The largest absolute Gasteiger partial charge is 0.192 e. The van der Waals surface area contributed by atoms with Crippen LogP contribution in [0.5, 0.6) is 0 Å². The summed E-state index contributed by atoms with van der Waals surface area (Å²) in [7, 11) is 0. The van der Waals surface area contributed by atoms with Gasteiger partial charge in [-0.3, -0.25) is 0 Å². The van der Waals surface area contributed by atoms with Gasteiger partial charge in [-0.1, -0.05) is 17.5 Å². The molecule has 0 radical (unpaired) electrons. The molecule has 52 valence electrons. The third kappa shape index (κ3) is 1.52. The van der Waals surface area contributed by atoms with Gasteiger partial charge in [0.15, 0.2) is 0 Å². The Bertz CT molecular complexity index is 355. The Kier molecular flexibility index (Phi) is 2.16. The number of nitriles is 1. The number of terminal acetylenes is 1. The fourth-order valence-corrected chi connectivity index (χ4v) is 0.937. The molecule has 1 nitrogen and oxygen atoms in total. The van der Waals surface area contributed by atoms with Gasteiger partial charge in [-0.2, -0.15) is 5.26 Å². The van der Waals surface area contributed by atoms with Gasteiger partial charge in [0.25, 0.3) is 0 Å². The summed E-state index contributed by atoms with van der Waals surface area (Å²) < 4.78 is 0. The second kappa shape index (κ2) is 3.10. The first-order valence-corrected chi connectivity index (χ1v) is 3.32. The Morgan fingerprint density at radius 3 is 2.64 bits per heavy atom. The molecular weight excluding hydrogens is 158 g/mol. The topological polar surface area (TPSA) is 23.8 Å². The Morgan fingerprint density at radius 1 is 1.45 bits per heavy atom. The highest BCUT2D eigenvalue weighted by molar-refractivity contribution is 6.31. The fourth-order valence-electron chi connectivity index (χ4n) is 0.702. The standard InChI is InChI=1S/C9H4ClN/c1-2-8-4-3-7(6-11)5-9(8)10/h1,3-5H. The minimum Gasteiger partial charge on any atom is -0.192 e. The van der Waals surface area contributed by atoms with Crippen molar-refractivity contribution in [3.8, 4) is 18.4 Å². The van der Waals surface area contributed by atoms with Crippen molar-refractivity contribution in [2.75, 3.05) is 0 Å². The summed E-state index contributed by atoms with van der Waals surface area (Å²) >= 11 is 5.71. The highest BCUT2D eigenvalue weighted by Crippen LogP contribution is 2.15. The summed E-state index contributed by atoms with van der Waals surface area (Å²) in [5.74, 6) is 2.41. The van der Waals surface area contributed by atoms with Crippen molar-refractivity contribution in [2.24, 2.45) is 0 Å². The molecule has 1 rings (SSSR count). The van der Waals surface area contributed by atoms with Crippen molar-refractivity contribution in [1.82, 2.24) is 0 Å². The number of halogens is 1. The quantitative estimate of drug-likeness (QED) is 0.535. The van der Waals surface area contributed by atoms with Crippen LogP contribution in [-0.4, -0.2) is 0 Å². The van der Waals surface area contributed by atoms with Crippen LogP contribution in [0.25, 0.3) is 0 Å². The highest BCUT2D eigenvalue weighted by atomic mass is 35.5. The van der Waals surface area contributed by atoms with E-state index in [2.05, 4.69) is 5.92 Å². The van der Waals surface area contributed by atoms with E-state index in [-0.39, 0.29) is 0 Å². The van der Waals surface area contributed by atoms with Gasteiger partial charge in [0.05, 0.1) is 16.7 Å². The molecule has 2 heteroatoms. The number of nitrogens with zero attached hydrogens (tertiary/aromatic N) is 1. The van der Waals surface area contributed by atoms with Crippen LogP contribution in [-0.2, 0) is 0 Å². The van der Waals surface area contributed by atoms with Gasteiger partial charge in [0, 0.05) is 5.56 Å². The molecule has 1 aromatic carbocycles. The summed E-state index contributed by atoms with van der Waals surface area (Å²) in [6.45, 7) is 0. The molecule has 0 fully saturated rings. The molecule has 0 saturated heterocycles. The van der Waals surface area contributed by atoms with E-state index >= 15 is 0 Å². The van der Waals surface area contributed by atoms with Crippen molar-refractivity contribution in [2.45, 2.75) is 0 Å². The molecular formula is C9H4ClN. The molecule has 0 aliphatic heterocycles. The zero-order valence-electron chi connectivity index (χ0n) is 5.63. The number of hydrogen-bond donors (Lipinski definition) is 0. The lowest BCUT2D eigenvalue weighted by Gasteiger charge is -1.94. The molecule has 1 aromatic rings. The van der Waals surface area contributed by atoms with Crippen LogP contribution in [0.4, 0.5) is 0 Å². The average Bonchev–Trinajstić information content (AvgIpc) is 2.04. The van der Waals surface area contributed by atoms with Crippen LogP contribution >= 0.6 is 11.6 Å². The minimum absolute atomic E-state index is 0.451. The third-order valence-electron chi connectivity index (χ3n) is 1.25. The van der Waals surface area contributed by atoms with Gasteiger partial charge >= 0.3 is 0 Å². The maximum absolute atomic E-state index is 8.47. The molecule has 0 atom stereocenters. The maximum Gasteiger partial charge on any atom is 0.0992 e. The third-order valence-corrected chi connectivity index (χ3v) is 1.57. The molecule has 0 aromatic heterocycles. The molecule has 0 bridgehead atoms. The van der Waals surface area contributed by atoms with Gasteiger partial charge in [0.1, 0.15) is 0 Å². The van der Waals surface area contributed by atoms with E-state index in [1.807, 2.05) is 6.07 Å². The molecule has 0 N–H and O–H groups in total. The lowest BCUT2D eigenvalue weighted by Crippen LogP contribution is -1.78. The zero-order valence-corrected chi connectivity index (χ0v) is 6.39. The predicted molar refractivity (Wildman–Crippen MR) is 44.1 cm³/mol. The molecule has 0 heterocycles. The predicted octanol–water partition coefficient (Wildman–Crippen LogP) is 2.19. The Hall–Kier alpha value is -1.44. The van der Waals surface area contributed by atoms with E-state index in [0.29, 0.717) is 16.1 Å². The first-order chi connectivity index (χ1) is 5.27. The van der Waals surface area contributed by atoms with E-state index in [9.17, 15) is 0 Å². The lowest BCUT2D eigenvalue weighted by atomic mass is 10.1. The van der Waals surface area contributed by atoms with E-state index in [1.165, 1.54) is 0 Å². The monoisotopic (exact) mass is 161 g/mol. The van der Waals surface area contributed by atoms with Gasteiger partial charge in [-0.15, -0.1) is 6.42 Å². The summed E-state index contributed by atoms with van der Waals surface area (Å²) in [5, 5.41) is 8.92. The summed E-state index contributed by atoms with van der Waals surface area (Å²) in [6, 6.07) is 6.81. The van der Waals surface area contributed by atoms with Crippen molar-refractivity contribution in [3.05, 3.63) is 34.3 Å². The van der Waals surface area contributed by atoms with Gasteiger partial charge in [0.2, 0.25) is 0 Å². The van der Waals surface area contributed by atoms with E-state index < -0.39 is 0 Å². The summed E-state index contributed by atoms with van der Waals surface area (Å²) in [5.41, 5.74) is 1.14. The van der Waals surface area contributed by atoms with Gasteiger partial charge in [-0.25, -0.2) is 0 Å². The van der Waals surface area contributed by atoms with E-state index in [1.54, 1.807) is 18.2 Å². The van der Waals surface area contributed by atoms with E-state index in [4.69, 9.17) is 23.3 Å². The van der Waals surface area contributed by atoms with Crippen molar-refractivity contribution >= 4 is 11.6 Å². The van der Waals surface area contributed by atoms with Gasteiger partial charge < -0.3 is 0 Å². The molecule has 0 saturated carbocycles. The van der Waals surface area contributed by atoms with Gasteiger partial charge in [-0.05, 0) is 18.2 Å². The van der Waals surface area contributed by atoms with Crippen LogP contribution in [0, 0.1) is 23.7 Å². The second-order valence-corrected chi connectivity index (χ2v) is 2.36. The van der Waals surface area contributed by atoms with Crippen LogP contribution < -0.4 is 0 Å². The van der Waals surface area contributed by atoms with Crippen LogP contribution in [0.2, 0.25) is 5.02 Å².